The van der Waals surface area contributed by atoms with Crippen LogP contribution in [0.2, 0.25) is 5.02 Å². The van der Waals surface area contributed by atoms with E-state index in [0.29, 0.717) is 26.7 Å². The summed E-state index contributed by atoms with van der Waals surface area (Å²) >= 11 is 7.22. The number of halogens is 1. The molecule has 0 saturated heterocycles. The van der Waals surface area contributed by atoms with E-state index in [4.69, 9.17) is 16.3 Å². The molecule has 0 aliphatic rings. The van der Waals surface area contributed by atoms with Crippen molar-refractivity contribution >= 4 is 39.8 Å². The lowest BCUT2D eigenvalue weighted by Gasteiger charge is -2.08. The van der Waals surface area contributed by atoms with E-state index in [9.17, 15) is 9.59 Å². The lowest BCUT2D eigenvalue weighted by molar-refractivity contribution is 0.0603. The van der Waals surface area contributed by atoms with Gasteiger partial charge in [0, 0.05) is 21.5 Å². The van der Waals surface area contributed by atoms with Crippen LogP contribution >= 0.6 is 22.9 Å². The number of rotatable bonds is 4. The Hall–Kier alpha value is -2.63. The van der Waals surface area contributed by atoms with Gasteiger partial charge in [-0.2, -0.15) is 0 Å². The van der Waals surface area contributed by atoms with Crippen molar-refractivity contribution in [2.75, 3.05) is 12.4 Å². The van der Waals surface area contributed by atoms with Gasteiger partial charge in [-0.3, -0.25) is 4.79 Å². The fourth-order valence-electron chi connectivity index (χ4n) is 2.56. The molecular formula is C20H16ClNO3S. The molecule has 0 aliphatic heterocycles. The minimum atomic E-state index is -0.504. The molecule has 3 rings (SSSR count). The van der Waals surface area contributed by atoms with Crippen LogP contribution in [0.3, 0.4) is 0 Å². The molecule has 1 heterocycles. The number of benzene rings is 2. The number of esters is 1. The molecule has 26 heavy (non-hydrogen) atoms. The molecule has 0 saturated carbocycles. The molecule has 0 spiro atoms. The number of carbonyl (C=O) groups is 2. The van der Waals surface area contributed by atoms with Gasteiger partial charge in [0.1, 0.15) is 10.6 Å². The average molecular weight is 386 g/mol. The summed E-state index contributed by atoms with van der Waals surface area (Å²) in [5.41, 5.74) is 3.36. The van der Waals surface area contributed by atoms with Crippen molar-refractivity contribution in [2.24, 2.45) is 0 Å². The van der Waals surface area contributed by atoms with E-state index >= 15 is 0 Å². The number of hydrogen-bond donors (Lipinski definition) is 1. The summed E-state index contributed by atoms with van der Waals surface area (Å²) in [7, 11) is 1.32. The predicted molar refractivity (Wildman–Crippen MR) is 105 cm³/mol. The van der Waals surface area contributed by atoms with Gasteiger partial charge >= 0.3 is 5.97 Å². The molecule has 0 atom stereocenters. The second-order valence-corrected chi connectivity index (χ2v) is 6.99. The van der Waals surface area contributed by atoms with Crippen molar-refractivity contribution in [3.63, 3.8) is 0 Å². The normalized spacial score (nSPS) is 10.4. The Morgan fingerprint density at radius 2 is 1.85 bits per heavy atom. The number of nitrogens with one attached hydrogen (secondary N) is 1. The average Bonchev–Trinajstić information content (AvgIpc) is 3.05. The number of amides is 1. The lowest BCUT2D eigenvalue weighted by atomic mass is 10.0. The third-order valence-electron chi connectivity index (χ3n) is 3.84. The molecule has 1 aromatic heterocycles. The van der Waals surface area contributed by atoms with Gasteiger partial charge in [-0.25, -0.2) is 4.79 Å². The van der Waals surface area contributed by atoms with E-state index in [1.165, 1.54) is 18.4 Å². The van der Waals surface area contributed by atoms with Crippen molar-refractivity contribution in [3.8, 4) is 11.1 Å². The number of aryl methyl sites for hydroxylation is 1. The molecule has 1 N–H and O–H groups in total. The zero-order valence-corrected chi connectivity index (χ0v) is 15.8. The zero-order valence-electron chi connectivity index (χ0n) is 14.2. The van der Waals surface area contributed by atoms with Crippen molar-refractivity contribution < 1.29 is 14.3 Å². The van der Waals surface area contributed by atoms with Gasteiger partial charge in [0.15, 0.2) is 0 Å². The number of thiophene rings is 1. The topological polar surface area (TPSA) is 55.4 Å². The highest BCUT2D eigenvalue weighted by Crippen LogP contribution is 2.36. The molecule has 2 aromatic carbocycles. The Kier molecular flexibility index (Phi) is 5.40. The fourth-order valence-corrected chi connectivity index (χ4v) is 3.64. The Bertz CT molecular complexity index is 963. The summed E-state index contributed by atoms with van der Waals surface area (Å²) in [4.78, 5) is 24.9. The summed E-state index contributed by atoms with van der Waals surface area (Å²) in [5, 5.41) is 5.70. The monoisotopic (exact) mass is 385 g/mol. The van der Waals surface area contributed by atoms with Gasteiger partial charge in [0.25, 0.3) is 5.91 Å². The van der Waals surface area contributed by atoms with Gasteiger partial charge in [0.2, 0.25) is 0 Å². The molecule has 0 aliphatic carbocycles. The minimum Gasteiger partial charge on any atom is -0.465 e. The molecule has 4 nitrogen and oxygen atoms in total. The van der Waals surface area contributed by atoms with Gasteiger partial charge < -0.3 is 10.1 Å². The van der Waals surface area contributed by atoms with E-state index in [0.717, 1.165) is 11.1 Å². The Labute approximate surface area is 160 Å². The standard InChI is InChI=1S/C20H16ClNO3S/c1-12-4-3-5-14(10-12)18(23)22-19-17(20(24)25-2)16(11-26-19)13-6-8-15(21)9-7-13/h3-11H,1-2H3,(H,22,23). The maximum atomic E-state index is 12.5. The second kappa shape index (κ2) is 7.72. The van der Waals surface area contributed by atoms with E-state index in [-0.39, 0.29) is 5.91 Å². The van der Waals surface area contributed by atoms with Crippen LogP contribution in [0.1, 0.15) is 26.3 Å². The Morgan fingerprint density at radius 1 is 1.12 bits per heavy atom. The number of ether oxygens (including phenoxy) is 1. The molecule has 0 unspecified atom stereocenters. The van der Waals surface area contributed by atoms with Gasteiger partial charge in [-0.15, -0.1) is 11.3 Å². The number of hydrogen-bond acceptors (Lipinski definition) is 4. The molecule has 0 bridgehead atoms. The molecule has 0 radical (unpaired) electrons. The highest BCUT2D eigenvalue weighted by atomic mass is 35.5. The Balaban J connectivity index is 1.98. The molecule has 1 amide bonds. The van der Waals surface area contributed by atoms with Crippen molar-refractivity contribution in [3.05, 3.63) is 75.6 Å². The Morgan fingerprint density at radius 3 is 2.50 bits per heavy atom. The maximum absolute atomic E-state index is 12.5. The van der Waals surface area contributed by atoms with Crippen LogP contribution in [0.25, 0.3) is 11.1 Å². The highest BCUT2D eigenvalue weighted by Gasteiger charge is 2.22. The smallest absolute Gasteiger partial charge is 0.341 e. The van der Waals surface area contributed by atoms with Crippen LogP contribution in [0.15, 0.2) is 53.9 Å². The first-order valence-electron chi connectivity index (χ1n) is 7.83. The van der Waals surface area contributed by atoms with Gasteiger partial charge in [-0.05, 0) is 36.8 Å². The van der Waals surface area contributed by atoms with Gasteiger partial charge in [-0.1, -0.05) is 41.4 Å². The second-order valence-electron chi connectivity index (χ2n) is 5.68. The lowest BCUT2D eigenvalue weighted by Crippen LogP contribution is -2.14. The first-order chi connectivity index (χ1) is 12.5. The van der Waals surface area contributed by atoms with Gasteiger partial charge in [0.05, 0.1) is 7.11 Å². The molecule has 6 heteroatoms. The highest BCUT2D eigenvalue weighted by molar-refractivity contribution is 7.15. The number of methoxy groups -OCH3 is 1. The van der Waals surface area contributed by atoms with Crippen LogP contribution in [0, 0.1) is 6.92 Å². The third kappa shape index (κ3) is 3.79. The van der Waals surface area contributed by atoms with Crippen LogP contribution in [0.5, 0.6) is 0 Å². The maximum Gasteiger partial charge on any atom is 0.341 e. The largest absolute Gasteiger partial charge is 0.465 e. The first kappa shape index (κ1) is 18.2. The van der Waals surface area contributed by atoms with Crippen LogP contribution in [0.4, 0.5) is 5.00 Å². The summed E-state index contributed by atoms with van der Waals surface area (Å²) in [6.07, 6.45) is 0. The molecule has 132 valence electrons. The molecule has 3 aromatic rings. The molecular weight excluding hydrogens is 370 g/mol. The summed E-state index contributed by atoms with van der Waals surface area (Å²) < 4.78 is 4.92. The van der Waals surface area contributed by atoms with Crippen molar-refractivity contribution in [2.45, 2.75) is 6.92 Å². The van der Waals surface area contributed by atoms with Crippen LogP contribution in [-0.4, -0.2) is 19.0 Å². The van der Waals surface area contributed by atoms with Crippen molar-refractivity contribution in [1.82, 2.24) is 0 Å². The first-order valence-corrected chi connectivity index (χ1v) is 9.09. The SMILES string of the molecule is COC(=O)c1c(-c2ccc(Cl)cc2)csc1NC(=O)c1cccc(C)c1. The summed E-state index contributed by atoms with van der Waals surface area (Å²) in [6.45, 7) is 1.92. The van der Waals surface area contributed by atoms with E-state index < -0.39 is 5.97 Å². The van der Waals surface area contributed by atoms with Crippen LogP contribution in [-0.2, 0) is 4.74 Å². The quantitative estimate of drug-likeness (QED) is 0.610. The molecule has 0 fully saturated rings. The van der Waals surface area contributed by atoms with Crippen molar-refractivity contribution in [1.29, 1.82) is 0 Å². The minimum absolute atomic E-state index is 0.275. The third-order valence-corrected chi connectivity index (χ3v) is 4.99. The van der Waals surface area contributed by atoms with E-state index in [1.54, 1.807) is 24.3 Å². The summed E-state index contributed by atoms with van der Waals surface area (Å²) in [6, 6.07) is 14.4. The zero-order chi connectivity index (χ0) is 18.7. The number of anilines is 1. The van der Waals surface area contributed by atoms with E-state index in [2.05, 4.69) is 5.32 Å². The van der Waals surface area contributed by atoms with E-state index in [1.807, 2.05) is 36.6 Å². The van der Waals surface area contributed by atoms with Crippen LogP contribution < -0.4 is 5.32 Å². The predicted octanol–water partition coefficient (Wildman–Crippen LogP) is 5.42. The number of carbonyl (C=O) groups excluding carboxylic acids is 2. The summed E-state index contributed by atoms with van der Waals surface area (Å²) in [5.74, 6) is -0.779. The fraction of sp³-hybridized carbons (Fsp3) is 0.100.